The molecule has 7 heteroatoms. The van der Waals surface area contributed by atoms with Crippen molar-refractivity contribution in [3.63, 3.8) is 0 Å². The fourth-order valence-electron chi connectivity index (χ4n) is 3.67. The summed E-state index contributed by atoms with van der Waals surface area (Å²) in [5.41, 5.74) is 2.33. The van der Waals surface area contributed by atoms with Crippen LogP contribution in [0.5, 0.6) is 11.5 Å². The average Bonchev–Trinajstić information content (AvgIpc) is 3.15. The molecule has 1 aliphatic rings. The van der Waals surface area contributed by atoms with Crippen molar-refractivity contribution in [2.45, 2.75) is 26.3 Å². The summed E-state index contributed by atoms with van der Waals surface area (Å²) in [5, 5.41) is 3.14. The molecule has 158 valence electrons. The number of hydrogen-bond acceptors (Lipinski definition) is 6. The van der Waals surface area contributed by atoms with E-state index >= 15 is 0 Å². The van der Waals surface area contributed by atoms with Gasteiger partial charge in [0.05, 0.1) is 38.4 Å². The highest BCUT2D eigenvalue weighted by atomic mass is 32.1. The lowest BCUT2D eigenvalue weighted by Gasteiger charge is -2.35. The first kappa shape index (κ1) is 21.6. The van der Waals surface area contributed by atoms with E-state index < -0.39 is 0 Å². The van der Waals surface area contributed by atoms with E-state index in [-0.39, 0.29) is 11.9 Å². The number of morpholine rings is 1. The monoisotopic (exact) mass is 418 g/mol. The smallest absolute Gasteiger partial charge is 0.261 e. The van der Waals surface area contributed by atoms with Gasteiger partial charge in [0.25, 0.3) is 5.91 Å². The Balaban J connectivity index is 1.79. The van der Waals surface area contributed by atoms with Crippen LogP contribution in [-0.4, -0.2) is 57.9 Å². The molecule has 1 aromatic carbocycles. The van der Waals surface area contributed by atoms with Crippen LogP contribution < -0.4 is 14.8 Å². The van der Waals surface area contributed by atoms with Gasteiger partial charge in [0.2, 0.25) is 0 Å². The molecule has 1 aliphatic heterocycles. The first-order valence-electron chi connectivity index (χ1n) is 9.98. The van der Waals surface area contributed by atoms with Gasteiger partial charge in [-0.1, -0.05) is 13.0 Å². The largest absolute Gasteiger partial charge is 0.493 e. The van der Waals surface area contributed by atoms with E-state index in [1.807, 2.05) is 24.3 Å². The zero-order chi connectivity index (χ0) is 20.8. The molecule has 1 saturated heterocycles. The minimum absolute atomic E-state index is 0.0171. The highest BCUT2D eigenvalue weighted by molar-refractivity contribution is 7.14. The van der Waals surface area contributed by atoms with E-state index in [0.29, 0.717) is 31.3 Å². The minimum Gasteiger partial charge on any atom is -0.493 e. The maximum Gasteiger partial charge on any atom is 0.261 e. The van der Waals surface area contributed by atoms with Crippen LogP contribution in [0, 0.1) is 6.92 Å². The second kappa shape index (κ2) is 10.1. The quantitative estimate of drug-likeness (QED) is 0.712. The Labute approximate surface area is 176 Å². The number of aryl methyl sites for hydroxylation is 2. The first-order valence-corrected chi connectivity index (χ1v) is 10.8. The topological polar surface area (TPSA) is 60.0 Å². The fraction of sp³-hybridized carbons (Fsp3) is 0.500. The highest BCUT2D eigenvalue weighted by Gasteiger charge is 2.25. The van der Waals surface area contributed by atoms with Crippen LogP contribution in [-0.2, 0) is 11.2 Å². The Hall–Kier alpha value is -2.09. The molecule has 1 amide bonds. The standard InChI is InChI=1S/C22H30N2O4S/c1-5-16-13-21(29-15(16)2)22(25)23-14-18(24-8-10-28-11-9-24)17-6-7-19(26-3)20(12-17)27-4/h6-7,12-13,18H,5,8-11,14H2,1-4H3,(H,23,25). The number of methoxy groups -OCH3 is 2. The third kappa shape index (κ3) is 5.10. The van der Waals surface area contributed by atoms with Gasteiger partial charge in [-0.15, -0.1) is 11.3 Å². The van der Waals surface area contributed by atoms with Crippen LogP contribution in [0.1, 0.15) is 38.6 Å². The van der Waals surface area contributed by atoms with Crippen LogP contribution in [0.2, 0.25) is 0 Å². The normalized spacial score (nSPS) is 15.7. The Bertz CT molecular complexity index is 830. The van der Waals surface area contributed by atoms with Crippen molar-refractivity contribution in [2.24, 2.45) is 0 Å². The molecule has 3 rings (SSSR count). The summed E-state index contributed by atoms with van der Waals surface area (Å²) in [6, 6.07) is 8.00. The first-order chi connectivity index (χ1) is 14.1. The van der Waals surface area contributed by atoms with Gasteiger partial charge in [-0.05, 0) is 42.7 Å². The Morgan fingerprint density at radius 1 is 1.21 bits per heavy atom. The lowest BCUT2D eigenvalue weighted by Crippen LogP contribution is -2.43. The number of nitrogens with one attached hydrogen (secondary N) is 1. The summed E-state index contributed by atoms with van der Waals surface area (Å²) in [5.74, 6) is 1.37. The van der Waals surface area contributed by atoms with Crippen LogP contribution in [0.15, 0.2) is 24.3 Å². The number of rotatable bonds is 8. The molecule has 2 aromatic rings. The molecule has 0 saturated carbocycles. The average molecular weight is 419 g/mol. The molecule has 29 heavy (non-hydrogen) atoms. The number of nitrogens with zero attached hydrogens (tertiary/aromatic N) is 1. The second-order valence-electron chi connectivity index (χ2n) is 7.03. The van der Waals surface area contributed by atoms with Gasteiger partial charge < -0.3 is 19.5 Å². The van der Waals surface area contributed by atoms with Gasteiger partial charge >= 0.3 is 0 Å². The molecule has 1 aromatic heterocycles. The van der Waals surface area contributed by atoms with Crippen molar-refractivity contribution in [1.29, 1.82) is 0 Å². The summed E-state index contributed by atoms with van der Waals surface area (Å²) < 4.78 is 16.4. The van der Waals surface area contributed by atoms with Crippen molar-refractivity contribution in [3.8, 4) is 11.5 Å². The van der Waals surface area contributed by atoms with Crippen molar-refractivity contribution >= 4 is 17.2 Å². The number of carbonyl (C=O) groups is 1. The Morgan fingerprint density at radius 3 is 2.55 bits per heavy atom. The summed E-state index contributed by atoms with van der Waals surface area (Å²) in [6.45, 7) is 7.75. The third-order valence-electron chi connectivity index (χ3n) is 5.36. The SMILES string of the molecule is CCc1cc(C(=O)NCC(c2ccc(OC)c(OC)c2)N2CCOCC2)sc1C. The number of amides is 1. The van der Waals surface area contributed by atoms with E-state index in [9.17, 15) is 4.79 Å². The summed E-state index contributed by atoms with van der Waals surface area (Å²) in [4.78, 5) is 17.1. The summed E-state index contributed by atoms with van der Waals surface area (Å²) in [7, 11) is 3.27. The third-order valence-corrected chi connectivity index (χ3v) is 6.45. The number of carbonyl (C=O) groups excluding carboxylic acids is 1. The van der Waals surface area contributed by atoms with Gasteiger partial charge in [0, 0.05) is 24.5 Å². The van der Waals surface area contributed by atoms with E-state index in [1.165, 1.54) is 10.4 Å². The summed E-state index contributed by atoms with van der Waals surface area (Å²) in [6.07, 6.45) is 0.942. The van der Waals surface area contributed by atoms with Gasteiger partial charge in [-0.3, -0.25) is 9.69 Å². The predicted octanol–water partition coefficient (Wildman–Crippen LogP) is 3.44. The van der Waals surface area contributed by atoms with Crippen LogP contribution >= 0.6 is 11.3 Å². The van der Waals surface area contributed by atoms with Crippen LogP contribution in [0.3, 0.4) is 0 Å². The predicted molar refractivity (Wildman–Crippen MR) is 115 cm³/mol. The van der Waals surface area contributed by atoms with Gasteiger partial charge in [0.15, 0.2) is 11.5 Å². The molecule has 1 N–H and O–H groups in total. The van der Waals surface area contributed by atoms with E-state index in [2.05, 4.69) is 24.1 Å². The van der Waals surface area contributed by atoms with E-state index in [0.717, 1.165) is 30.0 Å². The molecule has 6 nitrogen and oxygen atoms in total. The van der Waals surface area contributed by atoms with Crippen molar-refractivity contribution in [2.75, 3.05) is 47.1 Å². The molecule has 0 spiro atoms. The number of hydrogen-bond donors (Lipinski definition) is 1. The number of benzene rings is 1. The van der Waals surface area contributed by atoms with Crippen molar-refractivity contribution < 1.29 is 19.0 Å². The summed E-state index contributed by atoms with van der Waals surface area (Å²) >= 11 is 1.56. The lowest BCUT2D eigenvalue weighted by atomic mass is 10.0. The van der Waals surface area contributed by atoms with Crippen LogP contribution in [0.25, 0.3) is 0 Å². The lowest BCUT2D eigenvalue weighted by molar-refractivity contribution is 0.0162. The zero-order valence-electron chi connectivity index (χ0n) is 17.6. The number of thiophene rings is 1. The van der Waals surface area contributed by atoms with Crippen LogP contribution in [0.4, 0.5) is 0 Å². The molecule has 0 radical (unpaired) electrons. The van der Waals surface area contributed by atoms with E-state index in [4.69, 9.17) is 14.2 Å². The maximum absolute atomic E-state index is 12.8. The molecule has 1 unspecified atom stereocenters. The molecule has 2 heterocycles. The second-order valence-corrected chi connectivity index (χ2v) is 8.29. The van der Waals surface area contributed by atoms with Crippen molar-refractivity contribution in [1.82, 2.24) is 10.2 Å². The molecular formula is C22H30N2O4S. The fourth-order valence-corrected chi connectivity index (χ4v) is 4.70. The Kier molecular flexibility index (Phi) is 7.52. The molecule has 0 bridgehead atoms. The maximum atomic E-state index is 12.8. The van der Waals surface area contributed by atoms with Crippen molar-refractivity contribution in [3.05, 3.63) is 45.1 Å². The Morgan fingerprint density at radius 2 is 1.93 bits per heavy atom. The number of ether oxygens (including phenoxy) is 3. The van der Waals surface area contributed by atoms with E-state index in [1.54, 1.807) is 25.6 Å². The minimum atomic E-state index is -0.0171. The van der Waals surface area contributed by atoms with Gasteiger partial charge in [0.1, 0.15) is 0 Å². The molecule has 0 aliphatic carbocycles. The van der Waals surface area contributed by atoms with Gasteiger partial charge in [-0.2, -0.15) is 0 Å². The molecule has 1 atom stereocenters. The highest BCUT2D eigenvalue weighted by Crippen LogP contribution is 2.32. The molecular weight excluding hydrogens is 388 g/mol. The molecule has 1 fully saturated rings. The van der Waals surface area contributed by atoms with Gasteiger partial charge in [-0.25, -0.2) is 0 Å². The zero-order valence-corrected chi connectivity index (χ0v) is 18.4.